The molecule has 7 aromatic carbocycles. The van der Waals surface area contributed by atoms with Gasteiger partial charge in [-0.1, -0.05) is 103 Å². The third-order valence-corrected chi connectivity index (χ3v) is 8.86. The summed E-state index contributed by atoms with van der Waals surface area (Å²) in [5.41, 5.74) is 15.6. The van der Waals surface area contributed by atoms with Gasteiger partial charge in [0.1, 0.15) is 17.8 Å². The maximum absolute atomic E-state index is 6.42. The molecule has 0 aliphatic rings. The van der Waals surface area contributed by atoms with Crippen LogP contribution in [0.25, 0.3) is 71.3 Å². The molecule has 0 saturated carbocycles. The largest absolute Gasteiger partial charge is 0.486 e. The second kappa shape index (κ2) is 10.0. The Morgan fingerprint density at radius 1 is 0.578 bits per heavy atom. The number of anilines is 1. The molecule has 2 N–H and O–H groups in total. The van der Waals surface area contributed by atoms with Crippen molar-refractivity contribution in [3.63, 3.8) is 0 Å². The van der Waals surface area contributed by atoms with Crippen molar-refractivity contribution in [1.82, 2.24) is 4.57 Å². The fourth-order valence-corrected chi connectivity index (χ4v) is 6.80. The SMILES string of the molecule is Nc1ccc2oc3ccccc3c2c1OCc1ccc(-n2c3ccccc3c3cc(-c4ccccc4)c4ccccc4c32)cc1. The van der Waals surface area contributed by atoms with Crippen molar-refractivity contribution in [2.24, 2.45) is 0 Å². The third-order valence-electron chi connectivity index (χ3n) is 8.86. The van der Waals surface area contributed by atoms with E-state index >= 15 is 0 Å². The average Bonchev–Trinajstić information content (AvgIpc) is 3.64. The Morgan fingerprint density at radius 2 is 1.27 bits per heavy atom. The Bertz CT molecular complexity index is 2540. The first-order valence-electron chi connectivity index (χ1n) is 15.2. The van der Waals surface area contributed by atoms with Gasteiger partial charge < -0.3 is 19.5 Å². The van der Waals surface area contributed by atoms with Gasteiger partial charge in [0.25, 0.3) is 0 Å². The average molecular weight is 581 g/mol. The summed E-state index contributed by atoms with van der Waals surface area (Å²) in [6, 6.07) is 50.8. The van der Waals surface area contributed by atoms with Gasteiger partial charge in [-0.2, -0.15) is 0 Å². The minimum Gasteiger partial charge on any atom is -0.486 e. The number of nitrogen functional groups attached to an aromatic ring is 1. The van der Waals surface area contributed by atoms with Crippen LogP contribution in [0.1, 0.15) is 5.56 Å². The summed E-state index contributed by atoms with van der Waals surface area (Å²) in [7, 11) is 0. The zero-order valence-electron chi connectivity index (χ0n) is 24.4. The first kappa shape index (κ1) is 25.5. The quantitative estimate of drug-likeness (QED) is 0.206. The number of benzene rings is 7. The maximum Gasteiger partial charge on any atom is 0.154 e. The standard InChI is InChI=1S/C41H28N2O2/c42-35-22-23-38-39(32-15-7-9-17-37(32)45-38)41(35)44-25-26-18-20-28(21-19-26)43-36-16-8-6-13-30(36)34-24-33(27-10-2-1-3-11-27)29-12-4-5-14-31(29)40(34)43/h1-24H,25,42H2. The molecular weight excluding hydrogens is 552 g/mol. The summed E-state index contributed by atoms with van der Waals surface area (Å²) >= 11 is 0. The molecule has 4 heteroatoms. The van der Waals surface area contributed by atoms with Crippen LogP contribution in [0, 0.1) is 0 Å². The molecule has 2 aromatic heterocycles. The number of aromatic nitrogens is 1. The lowest BCUT2D eigenvalue weighted by Gasteiger charge is -2.14. The van der Waals surface area contributed by atoms with E-state index in [-0.39, 0.29) is 0 Å². The van der Waals surface area contributed by atoms with Crippen LogP contribution < -0.4 is 10.5 Å². The topological polar surface area (TPSA) is 53.3 Å². The minimum absolute atomic E-state index is 0.389. The Morgan fingerprint density at radius 3 is 2.09 bits per heavy atom. The van der Waals surface area contributed by atoms with E-state index < -0.39 is 0 Å². The van der Waals surface area contributed by atoms with E-state index in [1.54, 1.807) is 0 Å². The number of nitrogens with two attached hydrogens (primary N) is 1. The number of ether oxygens (including phenoxy) is 1. The number of fused-ring (bicyclic) bond motifs is 8. The van der Waals surface area contributed by atoms with Crippen LogP contribution in [0.15, 0.2) is 150 Å². The van der Waals surface area contributed by atoms with Crippen LogP contribution in [0.4, 0.5) is 5.69 Å². The first-order valence-corrected chi connectivity index (χ1v) is 15.2. The normalized spacial score (nSPS) is 11.7. The zero-order valence-corrected chi connectivity index (χ0v) is 24.4. The molecule has 0 fully saturated rings. The Hall–Kier alpha value is -6.00. The summed E-state index contributed by atoms with van der Waals surface area (Å²) in [5.74, 6) is 0.657. The molecule has 45 heavy (non-hydrogen) atoms. The highest BCUT2D eigenvalue weighted by Crippen LogP contribution is 2.42. The van der Waals surface area contributed by atoms with Gasteiger partial charge in [-0.05, 0) is 64.5 Å². The van der Waals surface area contributed by atoms with Gasteiger partial charge in [-0.25, -0.2) is 0 Å². The van der Waals surface area contributed by atoms with Gasteiger partial charge in [0.05, 0.1) is 22.1 Å². The van der Waals surface area contributed by atoms with Crippen LogP contribution in [0.5, 0.6) is 5.75 Å². The van der Waals surface area contributed by atoms with Crippen molar-refractivity contribution in [2.45, 2.75) is 6.61 Å². The summed E-state index contributed by atoms with van der Waals surface area (Å²) in [4.78, 5) is 0. The molecule has 0 amide bonds. The number of nitrogens with zero attached hydrogens (tertiary/aromatic N) is 1. The zero-order chi connectivity index (χ0) is 29.9. The Balaban J connectivity index is 1.15. The van der Waals surface area contributed by atoms with E-state index in [1.807, 2.05) is 36.4 Å². The second-order valence-corrected chi connectivity index (χ2v) is 11.5. The van der Waals surface area contributed by atoms with Gasteiger partial charge in [0.15, 0.2) is 5.75 Å². The van der Waals surface area contributed by atoms with Crippen molar-refractivity contribution in [3.05, 3.63) is 151 Å². The number of rotatable bonds is 5. The Labute approximate surface area is 259 Å². The molecular formula is C41H28N2O2. The van der Waals surface area contributed by atoms with E-state index in [9.17, 15) is 0 Å². The molecule has 214 valence electrons. The molecule has 0 aliphatic heterocycles. The summed E-state index contributed by atoms with van der Waals surface area (Å²) < 4.78 is 14.8. The molecule has 2 heterocycles. The molecule has 0 spiro atoms. The molecule has 9 rings (SSSR count). The highest BCUT2D eigenvalue weighted by atomic mass is 16.5. The molecule has 0 atom stereocenters. The fourth-order valence-electron chi connectivity index (χ4n) is 6.80. The van der Waals surface area contributed by atoms with Gasteiger partial charge in [0, 0.05) is 27.2 Å². The van der Waals surface area contributed by atoms with Crippen molar-refractivity contribution < 1.29 is 9.15 Å². The molecule has 4 nitrogen and oxygen atoms in total. The lowest BCUT2D eigenvalue weighted by atomic mass is 9.95. The van der Waals surface area contributed by atoms with Crippen LogP contribution in [0.2, 0.25) is 0 Å². The van der Waals surface area contributed by atoms with E-state index in [1.165, 1.54) is 43.7 Å². The lowest BCUT2D eigenvalue weighted by molar-refractivity contribution is 0.312. The fraction of sp³-hybridized carbons (Fsp3) is 0.0244. The van der Waals surface area contributed by atoms with Crippen LogP contribution in [0.3, 0.4) is 0 Å². The van der Waals surface area contributed by atoms with Crippen LogP contribution in [-0.2, 0) is 6.61 Å². The third kappa shape index (κ3) is 4.00. The molecule has 0 radical (unpaired) electrons. The smallest absolute Gasteiger partial charge is 0.154 e. The van der Waals surface area contributed by atoms with Gasteiger partial charge in [0.2, 0.25) is 0 Å². The highest BCUT2D eigenvalue weighted by Gasteiger charge is 2.18. The summed E-state index contributed by atoms with van der Waals surface area (Å²) in [5, 5.41) is 6.86. The summed E-state index contributed by atoms with van der Waals surface area (Å²) in [6.45, 7) is 0.389. The minimum atomic E-state index is 0.389. The van der Waals surface area contributed by atoms with Crippen molar-refractivity contribution in [1.29, 1.82) is 0 Å². The van der Waals surface area contributed by atoms with Gasteiger partial charge in [-0.15, -0.1) is 0 Å². The van der Waals surface area contributed by atoms with Crippen molar-refractivity contribution in [3.8, 4) is 22.6 Å². The van der Waals surface area contributed by atoms with E-state index in [4.69, 9.17) is 14.9 Å². The highest BCUT2D eigenvalue weighted by molar-refractivity contribution is 6.22. The molecule has 0 bridgehead atoms. The second-order valence-electron chi connectivity index (χ2n) is 11.5. The van der Waals surface area contributed by atoms with Crippen LogP contribution >= 0.6 is 0 Å². The van der Waals surface area contributed by atoms with Crippen molar-refractivity contribution in [2.75, 3.05) is 5.73 Å². The molecule has 0 aliphatic carbocycles. The first-order chi connectivity index (χ1) is 22.2. The van der Waals surface area contributed by atoms with E-state index in [2.05, 4.69) is 114 Å². The van der Waals surface area contributed by atoms with E-state index in [0.717, 1.165) is 33.2 Å². The monoisotopic (exact) mass is 580 g/mol. The van der Waals surface area contributed by atoms with Gasteiger partial charge >= 0.3 is 0 Å². The number of hydrogen-bond acceptors (Lipinski definition) is 3. The number of para-hydroxylation sites is 2. The number of furan rings is 1. The summed E-state index contributed by atoms with van der Waals surface area (Å²) in [6.07, 6.45) is 0. The van der Waals surface area contributed by atoms with E-state index in [0.29, 0.717) is 18.0 Å². The van der Waals surface area contributed by atoms with Crippen molar-refractivity contribution >= 4 is 60.2 Å². The lowest BCUT2D eigenvalue weighted by Crippen LogP contribution is -2.00. The molecule has 9 aromatic rings. The van der Waals surface area contributed by atoms with Gasteiger partial charge in [-0.3, -0.25) is 0 Å². The number of hydrogen-bond donors (Lipinski definition) is 1. The maximum atomic E-state index is 6.42. The van der Waals surface area contributed by atoms with Crippen LogP contribution in [-0.4, -0.2) is 4.57 Å². The predicted octanol–water partition coefficient (Wildman–Crippen LogP) is 10.7. The Kier molecular flexibility index (Phi) is 5.69. The predicted molar refractivity (Wildman–Crippen MR) is 186 cm³/mol. The molecule has 0 unspecified atom stereocenters. The molecule has 0 saturated heterocycles.